The first-order valence-corrected chi connectivity index (χ1v) is 9.02. The van der Waals surface area contributed by atoms with E-state index in [2.05, 4.69) is 27.6 Å². The average Bonchev–Trinajstić information content (AvgIpc) is 2.55. The lowest BCUT2D eigenvalue weighted by molar-refractivity contribution is -0.0161. The molecular weight excluding hydrogens is 276 g/mol. The van der Waals surface area contributed by atoms with Gasteiger partial charge in [0.25, 0.3) is 0 Å². The molecule has 1 heterocycles. The van der Waals surface area contributed by atoms with Crippen molar-refractivity contribution in [1.82, 2.24) is 15.5 Å². The first-order chi connectivity index (χ1) is 10.8. The largest absolute Gasteiger partial charge is 0.374 e. The third-order valence-corrected chi connectivity index (χ3v) is 4.87. The molecule has 0 aromatic carbocycles. The van der Waals surface area contributed by atoms with Crippen LogP contribution in [-0.2, 0) is 4.74 Å². The molecular formula is C17H34N4O. The van der Waals surface area contributed by atoms with E-state index in [0.29, 0.717) is 0 Å². The molecule has 0 bridgehead atoms. The number of likely N-dealkylation sites (N-methyl/N-ethyl adjacent to an activating group) is 1. The predicted molar refractivity (Wildman–Crippen MR) is 92.4 cm³/mol. The molecule has 128 valence electrons. The summed E-state index contributed by atoms with van der Waals surface area (Å²) in [4.78, 5) is 6.62. The van der Waals surface area contributed by atoms with E-state index in [-0.39, 0.29) is 6.10 Å². The molecule has 0 radical (unpaired) electrons. The molecule has 5 heteroatoms. The van der Waals surface area contributed by atoms with Crippen LogP contribution in [0.1, 0.15) is 44.9 Å². The van der Waals surface area contributed by atoms with Gasteiger partial charge in [-0.3, -0.25) is 4.99 Å². The van der Waals surface area contributed by atoms with Crippen molar-refractivity contribution in [2.75, 3.05) is 46.9 Å². The van der Waals surface area contributed by atoms with Gasteiger partial charge in [-0.15, -0.1) is 0 Å². The van der Waals surface area contributed by atoms with Gasteiger partial charge < -0.3 is 20.3 Å². The Bertz CT molecular complexity index is 329. The number of ether oxygens (including phenoxy) is 1. The second kappa shape index (κ2) is 10.1. The van der Waals surface area contributed by atoms with Gasteiger partial charge in [-0.05, 0) is 25.8 Å². The Morgan fingerprint density at radius 2 is 2.05 bits per heavy atom. The number of hydrogen-bond acceptors (Lipinski definition) is 3. The summed E-state index contributed by atoms with van der Waals surface area (Å²) < 4.78 is 5.76. The SMILES string of the molecule is CN=C(NCCCC1CCCCC1)NCC1CN(C)CCO1. The Hall–Kier alpha value is -0.810. The maximum Gasteiger partial charge on any atom is 0.191 e. The maximum absolute atomic E-state index is 5.76. The Balaban J connectivity index is 1.54. The van der Waals surface area contributed by atoms with Crippen LogP contribution in [0.25, 0.3) is 0 Å². The lowest BCUT2D eigenvalue weighted by Crippen LogP contribution is -2.48. The fraction of sp³-hybridized carbons (Fsp3) is 0.941. The number of nitrogens with one attached hydrogen (secondary N) is 2. The molecule has 0 aromatic heterocycles. The third kappa shape index (κ3) is 6.53. The van der Waals surface area contributed by atoms with Crippen molar-refractivity contribution in [1.29, 1.82) is 0 Å². The van der Waals surface area contributed by atoms with Crippen molar-refractivity contribution < 1.29 is 4.74 Å². The van der Waals surface area contributed by atoms with E-state index >= 15 is 0 Å². The molecule has 1 saturated carbocycles. The number of nitrogens with zero attached hydrogens (tertiary/aromatic N) is 2. The average molecular weight is 310 g/mol. The summed E-state index contributed by atoms with van der Waals surface area (Å²) in [5, 5.41) is 6.81. The summed E-state index contributed by atoms with van der Waals surface area (Å²) >= 11 is 0. The smallest absolute Gasteiger partial charge is 0.191 e. The molecule has 2 rings (SSSR count). The number of rotatable bonds is 6. The van der Waals surface area contributed by atoms with Gasteiger partial charge in [0.15, 0.2) is 5.96 Å². The van der Waals surface area contributed by atoms with Crippen LogP contribution in [0.2, 0.25) is 0 Å². The van der Waals surface area contributed by atoms with Gasteiger partial charge in [0, 0.05) is 33.2 Å². The Kier molecular flexibility index (Phi) is 8.02. The van der Waals surface area contributed by atoms with Gasteiger partial charge in [0.2, 0.25) is 0 Å². The zero-order valence-corrected chi connectivity index (χ0v) is 14.4. The van der Waals surface area contributed by atoms with E-state index < -0.39 is 0 Å². The summed E-state index contributed by atoms with van der Waals surface area (Å²) in [6, 6.07) is 0. The van der Waals surface area contributed by atoms with E-state index in [1.165, 1.54) is 44.9 Å². The first kappa shape index (κ1) is 17.5. The van der Waals surface area contributed by atoms with Crippen LogP contribution in [0.5, 0.6) is 0 Å². The van der Waals surface area contributed by atoms with Crippen LogP contribution < -0.4 is 10.6 Å². The minimum Gasteiger partial charge on any atom is -0.374 e. The summed E-state index contributed by atoms with van der Waals surface area (Å²) in [5.41, 5.74) is 0. The van der Waals surface area contributed by atoms with Crippen molar-refractivity contribution in [3.05, 3.63) is 0 Å². The van der Waals surface area contributed by atoms with Gasteiger partial charge in [-0.1, -0.05) is 32.1 Å². The van der Waals surface area contributed by atoms with Gasteiger partial charge in [0.05, 0.1) is 12.7 Å². The van der Waals surface area contributed by atoms with Gasteiger partial charge >= 0.3 is 0 Å². The first-order valence-electron chi connectivity index (χ1n) is 9.02. The standard InChI is InChI=1S/C17H34N4O/c1-18-17(20-13-16-14-21(2)11-12-22-16)19-10-6-9-15-7-4-3-5-8-15/h15-16H,3-14H2,1-2H3,(H2,18,19,20). The van der Waals surface area contributed by atoms with Crippen LogP contribution in [0, 0.1) is 5.92 Å². The highest BCUT2D eigenvalue weighted by molar-refractivity contribution is 5.79. The second-order valence-corrected chi connectivity index (χ2v) is 6.78. The lowest BCUT2D eigenvalue weighted by Gasteiger charge is -2.30. The maximum atomic E-state index is 5.76. The fourth-order valence-corrected chi connectivity index (χ4v) is 3.49. The quantitative estimate of drug-likeness (QED) is 0.446. The number of morpholine rings is 1. The van der Waals surface area contributed by atoms with Crippen molar-refractivity contribution in [2.45, 2.75) is 51.0 Å². The van der Waals surface area contributed by atoms with Crippen LogP contribution in [0.3, 0.4) is 0 Å². The van der Waals surface area contributed by atoms with Gasteiger partial charge in [-0.2, -0.15) is 0 Å². The van der Waals surface area contributed by atoms with Gasteiger partial charge in [-0.25, -0.2) is 0 Å². The van der Waals surface area contributed by atoms with Crippen LogP contribution >= 0.6 is 0 Å². The summed E-state index contributed by atoms with van der Waals surface area (Å²) in [7, 11) is 3.98. The van der Waals surface area contributed by atoms with Crippen LogP contribution in [0.15, 0.2) is 4.99 Å². The number of aliphatic imine (C=N–C) groups is 1. The lowest BCUT2D eigenvalue weighted by atomic mass is 9.86. The summed E-state index contributed by atoms with van der Waals surface area (Å²) in [5.74, 6) is 1.87. The van der Waals surface area contributed by atoms with E-state index in [0.717, 1.165) is 44.7 Å². The molecule has 1 aliphatic carbocycles. The monoisotopic (exact) mass is 310 g/mol. The Labute approximate surface area is 135 Å². The number of guanidine groups is 1. The second-order valence-electron chi connectivity index (χ2n) is 6.78. The van der Waals surface area contributed by atoms with Crippen molar-refractivity contribution in [3.8, 4) is 0 Å². The Morgan fingerprint density at radius 3 is 2.77 bits per heavy atom. The van der Waals surface area contributed by atoms with Crippen molar-refractivity contribution >= 4 is 5.96 Å². The van der Waals surface area contributed by atoms with Crippen LogP contribution in [-0.4, -0.2) is 63.8 Å². The van der Waals surface area contributed by atoms with Crippen molar-refractivity contribution in [2.24, 2.45) is 10.9 Å². The zero-order valence-electron chi connectivity index (χ0n) is 14.4. The van der Waals surface area contributed by atoms with E-state index in [1.807, 2.05) is 7.05 Å². The molecule has 0 aromatic rings. The minimum absolute atomic E-state index is 0.263. The molecule has 5 nitrogen and oxygen atoms in total. The topological polar surface area (TPSA) is 48.9 Å². The molecule has 2 aliphatic rings. The molecule has 1 atom stereocenters. The summed E-state index contributed by atoms with van der Waals surface area (Å²) in [6.45, 7) is 4.70. The van der Waals surface area contributed by atoms with Crippen molar-refractivity contribution in [3.63, 3.8) is 0 Å². The highest BCUT2D eigenvalue weighted by Gasteiger charge is 2.17. The van der Waals surface area contributed by atoms with Crippen LogP contribution in [0.4, 0.5) is 0 Å². The molecule has 2 fully saturated rings. The molecule has 22 heavy (non-hydrogen) atoms. The van der Waals surface area contributed by atoms with E-state index in [1.54, 1.807) is 0 Å². The molecule has 1 saturated heterocycles. The molecule has 2 N–H and O–H groups in total. The van der Waals surface area contributed by atoms with Gasteiger partial charge in [0.1, 0.15) is 0 Å². The summed E-state index contributed by atoms with van der Waals surface area (Å²) in [6.07, 6.45) is 10.1. The number of hydrogen-bond donors (Lipinski definition) is 2. The predicted octanol–water partition coefficient (Wildman–Crippen LogP) is 1.84. The van der Waals surface area contributed by atoms with E-state index in [9.17, 15) is 0 Å². The highest BCUT2D eigenvalue weighted by Crippen LogP contribution is 2.26. The van der Waals surface area contributed by atoms with E-state index in [4.69, 9.17) is 4.74 Å². The molecule has 1 aliphatic heterocycles. The Morgan fingerprint density at radius 1 is 1.23 bits per heavy atom. The molecule has 0 spiro atoms. The highest BCUT2D eigenvalue weighted by atomic mass is 16.5. The zero-order chi connectivity index (χ0) is 15.6. The molecule has 1 unspecified atom stereocenters. The molecule has 0 amide bonds. The normalized spacial score (nSPS) is 25.2. The minimum atomic E-state index is 0.263. The third-order valence-electron chi connectivity index (χ3n) is 4.87. The fourth-order valence-electron chi connectivity index (χ4n) is 3.49.